The Morgan fingerprint density at radius 1 is 0.280 bits per heavy atom. The first-order chi connectivity index (χ1) is 36.9. The summed E-state index contributed by atoms with van der Waals surface area (Å²) in [5.41, 5.74) is 6.90. The van der Waals surface area contributed by atoms with Gasteiger partial charge in [0, 0.05) is 0 Å². The van der Waals surface area contributed by atoms with Crippen LogP contribution in [0.4, 0.5) is 0 Å². The Morgan fingerprint density at radius 3 is 0.707 bits per heavy atom. The largest absolute Gasteiger partial charge is 0.462 e. The van der Waals surface area contributed by atoms with Gasteiger partial charge in [0.05, 0.1) is 69.6 Å². The number of carbonyl (C=O) groups excluding carboxylic acids is 3. The number of hydrogen-bond acceptors (Lipinski definition) is 12. The number of unbranched alkanes of at least 4 members (excludes halogenated alkanes) is 27. The van der Waals surface area contributed by atoms with Crippen LogP contribution >= 0.6 is 0 Å². The van der Waals surface area contributed by atoms with Crippen LogP contribution < -0.4 is 0 Å². The van der Waals surface area contributed by atoms with Gasteiger partial charge in [-0.05, 0) is 73.9 Å². The van der Waals surface area contributed by atoms with E-state index in [4.69, 9.17) is 44.1 Å². The predicted molar refractivity (Wildman–Crippen MR) is 305 cm³/mol. The number of rotatable bonds is 36. The second-order valence-electron chi connectivity index (χ2n) is 20.8. The highest BCUT2D eigenvalue weighted by Gasteiger charge is 2.21. The summed E-state index contributed by atoms with van der Waals surface area (Å²) in [5.74, 6) is -1.22. The van der Waals surface area contributed by atoms with Gasteiger partial charge in [-0.1, -0.05) is 194 Å². The molecule has 3 heterocycles. The molecule has 0 amide bonds. The van der Waals surface area contributed by atoms with Crippen LogP contribution in [0.5, 0.6) is 0 Å². The Kier molecular flexibility index (Phi) is 23.6. The Hall–Kier alpha value is -5.91. The third kappa shape index (κ3) is 17.0. The first-order valence-electron chi connectivity index (χ1n) is 29.4. The number of esters is 3. The van der Waals surface area contributed by atoms with Crippen LogP contribution in [0.25, 0.3) is 66.2 Å². The number of aromatic nitrogens is 6. The molecule has 7 rings (SSSR count). The fourth-order valence-corrected chi connectivity index (χ4v) is 10.0. The molecule has 0 spiro atoms. The van der Waals surface area contributed by atoms with Gasteiger partial charge in [-0.25, -0.2) is 44.3 Å². The average Bonchev–Trinajstić information content (AvgIpc) is 3.43. The van der Waals surface area contributed by atoms with Gasteiger partial charge >= 0.3 is 17.9 Å². The van der Waals surface area contributed by atoms with Gasteiger partial charge in [-0.2, -0.15) is 0 Å². The number of ether oxygens (including phenoxy) is 3. The fourth-order valence-electron chi connectivity index (χ4n) is 10.0. The molecule has 0 aliphatic heterocycles. The Balaban J connectivity index is 1.10. The molecule has 0 N–H and O–H groups in total. The number of hydrogen-bond donors (Lipinski definition) is 0. The van der Waals surface area contributed by atoms with Gasteiger partial charge in [0.15, 0.2) is 0 Å². The van der Waals surface area contributed by atoms with E-state index in [1.807, 2.05) is 0 Å². The van der Waals surface area contributed by atoms with E-state index < -0.39 is 17.9 Å². The van der Waals surface area contributed by atoms with Gasteiger partial charge in [0.25, 0.3) is 0 Å². The van der Waals surface area contributed by atoms with Crippen molar-refractivity contribution < 1.29 is 28.6 Å². The average molecular weight is 1020 g/mol. The summed E-state index contributed by atoms with van der Waals surface area (Å²) in [6.45, 7) is 7.82. The quantitative estimate of drug-likeness (QED) is 0.0121. The van der Waals surface area contributed by atoms with E-state index in [-0.39, 0.29) is 0 Å². The van der Waals surface area contributed by atoms with E-state index in [0.717, 1.165) is 57.8 Å². The van der Waals surface area contributed by atoms with Gasteiger partial charge in [-0.3, -0.25) is 0 Å². The molecule has 3 aromatic heterocycles. The van der Waals surface area contributed by atoms with Crippen LogP contribution in [0.2, 0.25) is 0 Å². The molecule has 7 aromatic rings. The van der Waals surface area contributed by atoms with Crippen molar-refractivity contribution in [3.05, 3.63) is 71.3 Å². The SMILES string of the molecule is CCCCCCCCCCCCOC(=O)c1ccc2nc3c4nc5cc(C(=O)OCCCCCCCCCCCC)ccc5nc4c4nc5cc(C(=O)OCCCCCCCCCCCC)ccc5nc4c3nc2c1. The van der Waals surface area contributed by atoms with Gasteiger partial charge in [-0.15, -0.1) is 0 Å². The van der Waals surface area contributed by atoms with Crippen LogP contribution in [-0.2, 0) is 14.2 Å². The van der Waals surface area contributed by atoms with Crippen molar-refractivity contribution in [2.75, 3.05) is 19.8 Å². The lowest BCUT2D eigenvalue weighted by Crippen LogP contribution is -2.07. The molecule has 4 aromatic carbocycles. The Labute approximate surface area is 445 Å². The molecule has 0 aliphatic carbocycles. The number of fused-ring (bicyclic) bond motifs is 9. The number of carbonyl (C=O) groups is 3. The maximum Gasteiger partial charge on any atom is 0.338 e. The monoisotopic (exact) mass is 1020 g/mol. The Morgan fingerprint density at radius 2 is 0.480 bits per heavy atom. The van der Waals surface area contributed by atoms with Crippen molar-refractivity contribution in [2.24, 2.45) is 0 Å². The van der Waals surface area contributed by atoms with Crippen LogP contribution in [0.1, 0.15) is 244 Å². The minimum absolute atomic E-state index is 0.361. The van der Waals surface area contributed by atoms with Crippen molar-refractivity contribution in [1.29, 1.82) is 0 Å². The molecule has 12 nitrogen and oxygen atoms in total. The lowest BCUT2D eigenvalue weighted by molar-refractivity contribution is 0.0488. The minimum Gasteiger partial charge on any atom is -0.462 e. The summed E-state index contributed by atoms with van der Waals surface area (Å²) in [6, 6.07) is 15.6. The number of benzene rings is 4. The van der Waals surface area contributed by atoms with Crippen LogP contribution in [0.15, 0.2) is 54.6 Å². The second kappa shape index (κ2) is 31.2. The van der Waals surface area contributed by atoms with Crippen LogP contribution in [0.3, 0.4) is 0 Å². The third-order valence-electron chi connectivity index (χ3n) is 14.6. The molecule has 0 saturated carbocycles. The predicted octanol–water partition coefficient (Wildman–Crippen LogP) is 17.2. The van der Waals surface area contributed by atoms with Crippen molar-refractivity contribution in [2.45, 2.75) is 213 Å². The molecule has 0 radical (unpaired) electrons. The lowest BCUT2D eigenvalue weighted by atomic mass is 10.1. The summed E-state index contributed by atoms with van der Waals surface area (Å²) < 4.78 is 17.2. The molecule has 0 unspecified atom stereocenters. The van der Waals surface area contributed by atoms with Crippen molar-refractivity contribution in [3.8, 4) is 0 Å². The second-order valence-corrected chi connectivity index (χ2v) is 20.8. The smallest absolute Gasteiger partial charge is 0.338 e. The lowest BCUT2D eigenvalue weighted by Gasteiger charge is -2.12. The van der Waals surface area contributed by atoms with E-state index in [2.05, 4.69) is 20.8 Å². The van der Waals surface area contributed by atoms with Crippen LogP contribution in [0, 0.1) is 0 Å². The standard InChI is InChI=1S/C63H84N6O6/c1-4-7-10-13-16-19-22-25-28-31-40-73-61(70)46-34-37-49-52(43-46)67-58-55(64-49)59-57(66-51-39-36-48(45-54(51)68-59)63(72)75-42-33-30-27-24-21-18-15-12-9-6-3)60-56(58)65-50-38-35-47(44-53(50)69-60)62(71)74-41-32-29-26-23-20-17-14-11-8-5-2/h34-39,43-45H,4-33,40-42H2,1-3H3. The van der Waals surface area contributed by atoms with Gasteiger partial charge in [0.2, 0.25) is 0 Å². The topological polar surface area (TPSA) is 156 Å². The van der Waals surface area contributed by atoms with E-state index in [1.165, 1.54) is 135 Å². The molecule has 0 fully saturated rings. The summed E-state index contributed by atoms with van der Waals surface area (Å²) in [4.78, 5) is 70.7. The first-order valence-corrected chi connectivity index (χ1v) is 29.4. The van der Waals surface area contributed by atoms with Crippen molar-refractivity contribution in [3.63, 3.8) is 0 Å². The molecule has 75 heavy (non-hydrogen) atoms. The Bertz CT molecular complexity index is 2600. The summed E-state index contributed by atoms with van der Waals surface area (Å²) in [5, 5.41) is 0. The zero-order chi connectivity index (χ0) is 52.5. The van der Waals surface area contributed by atoms with Crippen LogP contribution in [-0.4, -0.2) is 67.6 Å². The molecular weight excluding hydrogens is 937 g/mol. The first kappa shape index (κ1) is 56.8. The molecule has 0 aliphatic rings. The molecule has 12 heteroatoms. The summed E-state index contributed by atoms with van der Waals surface area (Å²) in [7, 11) is 0. The summed E-state index contributed by atoms with van der Waals surface area (Å²) >= 11 is 0. The molecule has 0 bridgehead atoms. The zero-order valence-electron chi connectivity index (χ0n) is 45.7. The van der Waals surface area contributed by atoms with Crippen molar-refractivity contribution in [1.82, 2.24) is 29.9 Å². The van der Waals surface area contributed by atoms with E-state index in [1.54, 1.807) is 54.6 Å². The normalized spacial score (nSPS) is 11.7. The summed E-state index contributed by atoms with van der Waals surface area (Å²) in [6.07, 6.45) is 36.0. The van der Waals surface area contributed by atoms with Crippen molar-refractivity contribution >= 4 is 84.1 Å². The molecule has 402 valence electrons. The maximum atomic E-state index is 13.4. The maximum absolute atomic E-state index is 13.4. The highest BCUT2D eigenvalue weighted by atomic mass is 16.5. The van der Waals surface area contributed by atoms with Gasteiger partial charge < -0.3 is 14.2 Å². The minimum atomic E-state index is -0.406. The van der Waals surface area contributed by atoms with E-state index in [9.17, 15) is 14.4 Å². The molecule has 0 saturated heterocycles. The van der Waals surface area contributed by atoms with E-state index >= 15 is 0 Å². The highest BCUT2D eigenvalue weighted by molar-refractivity contribution is 6.21. The molecular formula is C63H84N6O6. The van der Waals surface area contributed by atoms with E-state index in [0.29, 0.717) is 103 Å². The third-order valence-corrected chi connectivity index (χ3v) is 14.6. The molecule has 0 atom stereocenters. The number of nitrogens with zero attached hydrogens (tertiary/aromatic N) is 6. The fraction of sp³-hybridized carbons (Fsp3) is 0.571. The van der Waals surface area contributed by atoms with Gasteiger partial charge in [0.1, 0.15) is 33.1 Å². The highest BCUT2D eigenvalue weighted by Crippen LogP contribution is 2.34. The zero-order valence-corrected chi connectivity index (χ0v) is 45.7.